The van der Waals surface area contributed by atoms with Gasteiger partial charge in [0.05, 0.1) is 17.1 Å². The summed E-state index contributed by atoms with van der Waals surface area (Å²) in [6.45, 7) is 1.93. The first-order valence-electron chi connectivity index (χ1n) is 9.76. The quantitative estimate of drug-likeness (QED) is 0.727. The summed E-state index contributed by atoms with van der Waals surface area (Å²) in [6.07, 6.45) is 6.59. The average molecular weight is 377 g/mol. The maximum atomic E-state index is 10.5. The van der Waals surface area contributed by atoms with Gasteiger partial charge in [-0.2, -0.15) is 5.10 Å². The molecule has 2 fully saturated rings. The molecule has 0 spiro atoms. The zero-order chi connectivity index (χ0) is 19.1. The van der Waals surface area contributed by atoms with E-state index in [-0.39, 0.29) is 11.9 Å². The van der Waals surface area contributed by atoms with Crippen molar-refractivity contribution < 1.29 is 9.84 Å². The third-order valence-electron chi connectivity index (χ3n) is 5.60. The molecule has 144 valence electrons. The monoisotopic (exact) mass is 377 g/mol. The number of fused-ring (bicyclic) bond motifs is 2. The molecule has 2 saturated heterocycles. The molecule has 0 amide bonds. The van der Waals surface area contributed by atoms with Crippen molar-refractivity contribution in [3.05, 3.63) is 48.3 Å². The molecule has 28 heavy (non-hydrogen) atoms. The van der Waals surface area contributed by atoms with Crippen molar-refractivity contribution in [2.75, 3.05) is 0 Å². The van der Waals surface area contributed by atoms with E-state index in [1.807, 2.05) is 43.5 Å². The normalized spacial score (nSPS) is 23.7. The van der Waals surface area contributed by atoms with E-state index in [2.05, 4.69) is 20.6 Å². The fourth-order valence-corrected chi connectivity index (χ4v) is 4.24. The predicted octanol–water partition coefficient (Wildman–Crippen LogP) is 3.01. The Morgan fingerprint density at radius 1 is 1.07 bits per heavy atom. The van der Waals surface area contributed by atoms with E-state index in [0.717, 1.165) is 24.2 Å². The van der Waals surface area contributed by atoms with Gasteiger partial charge in [0.25, 0.3) is 0 Å². The van der Waals surface area contributed by atoms with Crippen LogP contribution in [0.5, 0.6) is 11.6 Å². The Bertz CT molecular complexity index is 973. The highest BCUT2D eigenvalue weighted by atomic mass is 16.5. The maximum absolute atomic E-state index is 10.5. The number of aromatic hydroxyl groups is 1. The highest BCUT2D eigenvalue weighted by molar-refractivity contribution is 5.68. The molecule has 4 heterocycles. The molecule has 2 aromatic heterocycles. The topological polar surface area (TPSA) is 85.1 Å². The lowest BCUT2D eigenvalue weighted by atomic mass is 10.0. The third-order valence-corrected chi connectivity index (χ3v) is 5.60. The molecule has 0 radical (unpaired) electrons. The molecule has 2 bridgehead atoms. The first-order valence-corrected chi connectivity index (χ1v) is 9.76. The summed E-state index contributed by atoms with van der Waals surface area (Å²) in [7, 11) is 0. The Balaban J connectivity index is 1.31. The number of benzene rings is 1. The molecule has 1 unspecified atom stereocenters. The van der Waals surface area contributed by atoms with E-state index in [1.165, 1.54) is 12.8 Å². The Morgan fingerprint density at radius 3 is 2.54 bits per heavy atom. The number of phenolic OH excluding ortho intramolecular Hbond substituents is 1. The molecule has 7 heteroatoms. The summed E-state index contributed by atoms with van der Waals surface area (Å²) >= 11 is 0. The van der Waals surface area contributed by atoms with Crippen LogP contribution in [-0.4, -0.2) is 43.3 Å². The molecular formula is C21H23N5O2. The van der Waals surface area contributed by atoms with Crippen LogP contribution in [0.25, 0.3) is 16.9 Å². The summed E-state index contributed by atoms with van der Waals surface area (Å²) in [5, 5.41) is 26.9. The van der Waals surface area contributed by atoms with Crippen molar-refractivity contribution in [1.82, 2.24) is 25.3 Å². The molecular weight excluding hydrogens is 354 g/mol. The molecule has 2 aliphatic rings. The lowest BCUT2D eigenvalue weighted by Gasteiger charge is -2.28. The number of rotatable bonds is 4. The lowest BCUT2D eigenvalue weighted by molar-refractivity contribution is 0.130. The van der Waals surface area contributed by atoms with Crippen molar-refractivity contribution in [3.63, 3.8) is 0 Å². The van der Waals surface area contributed by atoms with Gasteiger partial charge in [-0.25, -0.2) is 4.68 Å². The van der Waals surface area contributed by atoms with E-state index in [9.17, 15) is 5.11 Å². The van der Waals surface area contributed by atoms with Crippen molar-refractivity contribution in [3.8, 4) is 28.6 Å². The number of aryl methyl sites for hydroxylation is 1. The van der Waals surface area contributed by atoms with Crippen LogP contribution >= 0.6 is 0 Å². The predicted molar refractivity (Wildman–Crippen MR) is 105 cm³/mol. The average Bonchev–Trinajstić information content (AvgIpc) is 3.27. The summed E-state index contributed by atoms with van der Waals surface area (Å²) in [5.74, 6) is 0.682. The van der Waals surface area contributed by atoms with Gasteiger partial charge < -0.3 is 15.2 Å². The number of phenols is 1. The van der Waals surface area contributed by atoms with E-state index >= 15 is 0 Å². The second kappa shape index (κ2) is 6.91. The van der Waals surface area contributed by atoms with Crippen LogP contribution in [0.2, 0.25) is 0 Å². The third kappa shape index (κ3) is 3.33. The molecule has 1 aromatic carbocycles. The van der Waals surface area contributed by atoms with Gasteiger partial charge in [0.1, 0.15) is 11.9 Å². The molecule has 3 aromatic rings. The number of piperidine rings is 1. The summed E-state index contributed by atoms with van der Waals surface area (Å²) in [6, 6.07) is 12.1. The molecule has 0 aliphatic carbocycles. The summed E-state index contributed by atoms with van der Waals surface area (Å²) < 4.78 is 7.78. The van der Waals surface area contributed by atoms with Crippen LogP contribution in [-0.2, 0) is 0 Å². The number of hydrogen-bond donors (Lipinski definition) is 2. The number of nitrogens with zero attached hydrogens (tertiary/aromatic N) is 4. The van der Waals surface area contributed by atoms with Crippen molar-refractivity contribution >= 4 is 0 Å². The van der Waals surface area contributed by atoms with E-state index in [0.29, 0.717) is 29.2 Å². The maximum Gasteiger partial charge on any atom is 0.233 e. The van der Waals surface area contributed by atoms with Gasteiger partial charge in [0, 0.05) is 36.0 Å². The van der Waals surface area contributed by atoms with Crippen LogP contribution in [0.15, 0.2) is 42.6 Å². The Kier molecular flexibility index (Phi) is 4.24. The van der Waals surface area contributed by atoms with Crippen LogP contribution in [0.3, 0.4) is 0 Å². The van der Waals surface area contributed by atoms with E-state index in [4.69, 9.17) is 4.74 Å². The first-order chi connectivity index (χ1) is 13.6. The van der Waals surface area contributed by atoms with Gasteiger partial charge in [0.2, 0.25) is 5.88 Å². The molecule has 7 nitrogen and oxygen atoms in total. The van der Waals surface area contributed by atoms with Crippen LogP contribution in [0.4, 0.5) is 0 Å². The first kappa shape index (κ1) is 17.2. The van der Waals surface area contributed by atoms with Crippen LogP contribution < -0.4 is 10.1 Å². The van der Waals surface area contributed by atoms with Crippen molar-refractivity contribution in [2.45, 2.75) is 50.8 Å². The van der Waals surface area contributed by atoms with Gasteiger partial charge in [-0.15, -0.1) is 10.2 Å². The van der Waals surface area contributed by atoms with Gasteiger partial charge in [-0.1, -0.05) is 0 Å². The van der Waals surface area contributed by atoms with E-state index < -0.39 is 0 Å². The Hall–Kier alpha value is -2.93. The van der Waals surface area contributed by atoms with Crippen molar-refractivity contribution in [1.29, 1.82) is 0 Å². The fraction of sp³-hybridized carbons (Fsp3) is 0.381. The molecule has 3 atom stereocenters. The minimum absolute atomic E-state index is 0.142. The van der Waals surface area contributed by atoms with E-state index in [1.54, 1.807) is 10.7 Å². The zero-order valence-corrected chi connectivity index (χ0v) is 15.7. The van der Waals surface area contributed by atoms with Crippen LogP contribution in [0, 0.1) is 6.92 Å². The van der Waals surface area contributed by atoms with Crippen LogP contribution in [0.1, 0.15) is 31.4 Å². The number of ether oxygens (including phenoxy) is 1. The second-order valence-corrected chi connectivity index (χ2v) is 7.71. The van der Waals surface area contributed by atoms with Gasteiger partial charge in [-0.05, 0) is 56.9 Å². The second-order valence-electron chi connectivity index (χ2n) is 7.71. The SMILES string of the molecule is Cc1ccn(-c2ccc(-c3ccc(OC4C[C@H]5CC[C@@H](C4)N5)nn3)c(O)c2)n1. The molecule has 0 saturated carbocycles. The number of nitrogens with one attached hydrogen (secondary N) is 1. The summed E-state index contributed by atoms with van der Waals surface area (Å²) in [4.78, 5) is 0. The lowest BCUT2D eigenvalue weighted by Crippen LogP contribution is -2.42. The zero-order valence-electron chi connectivity index (χ0n) is 15.7. The van der Waals surface area contributed by atoms with Crippen molar-refractivity contribution in [2.24, 2.45) is 0 Å². The summed E-state index contributed by atoms with van der Waals surface area (Å²) in [5.41, 5.74) is 2.96. The van der Waals surface area contributed by atoms with Gasteiger partial charge in [-0.3, -0.25) is 0 Å². The largest absolute Gasteiger partial charge is 0.507 e. The number of aromatic nitrogens is 4. The van der Waals surface area contributed by atoms with Gasteiger partial charge >= 0.3 is 0 Å². The minimum Gasteiger partial charge on any atom is -0.507 e. The highest BCUT2D eigenvalue weighted by Gasteiger charge is 2.34. The molecule has 2 aliphatic heterocycles. The Morgan fingerprint density at radius 2 is 1.89 bits per heavy atom. The highest BCUT2D eigenvalue weighted by Crippen LogP contribution is 2.31. The molecule has 5 rings (SSSR count). The number of hydrogen-bond acceptors (Lipinski definition) is 6. The smallest absolute Gasteiger partial charge is 0.233 e. The molecule has 2 N–H and O–H groups in total. The standard InChI is InChI=1S/C21H23N5O2/c1-13-8-9-26(25-13)16-4-5-18(20(27)12-16)19-6-7-21(24-23-19)28-17-10-14-2-3-15(11-17)22-14/h4-9,12,14-15,17,22,27H,2-3,10-11H2,1H3/t14-,15+,17?. The van der Waals surface area contributed by atoms with Gasteiger partial charge in [0.15, 0.2) is 0 Å². The minimum atomic E-state index is 0.142. The Labute approximate surface area is 163 Å². The fourth-order valence-electron chi connectivity index (χ4n) is 4.24.